The highest BCUT2D eigenvalue weighted by Gasteiger charge is 2.14. The van der Waals surface area contributed by atoms with E-state index in [9.17, 15) is 15.2 Å². The zero-order valence-electron chi connectivity index (χ0n) is 11.3. The molecule has 2 aromatic carbocycles. The summed E-state index contributed by atoms with van der Waals surface area (Å²) < 4.78 is 6.21. The summed E-state index contributed by atoms with van der Waals surface area (Å²) >= 11 is 3.21. The molecule has 110 valence electrons. The van der Waals surface area contributed by atoms with Gasteiger partial charge in [0.25, 0.3) is 5.69 Å². The van der Waals surface area contributed by atoms with Crippen molar-refractivity contribution in [2.45, 2.75) is 19.6 Å². The van der Waals surface area contributed by atoms with Gasteiger partial charge in [0, 0.05) is 10.5 Å². The summed E-state index contributed by atoms with van der Waals surface area (Å²) in [6.07, 6.45) is -0.536. The Labute approximate surface area is 130 Å². The Hall–Kier alpha value is -1.92. The van der Waals surface area contributed by atoms with Crippen LogP contribution in [0.2, 0.25) is 0 Å². The van der Waals surface area contributed by atoms with E-state index in [2.05, 4.69) is 15.9 Å². The molecule has 0 amide bonds. The van der Waals surface area contributed by atoms with E-state index in [1.165, 1.54) is 6.07 Å². The molecule has 2 rings (SSSR count). The Bertz CT molecular complexity index is 641. The molecule has 0 saturated carbocycles. The zero-order chi connectivity index (χ0) is 15.4. The topological polar surface area (TPSA) is 72.6 Å². The highest BCUT2D eigenvalue weighted by Crippen LogP contribution is 2.25. The molecule has 5 nitrogen and oxygen atoms in total. The van der Waals surface area contributed by atoms with Gasteiger partial charge in [-0.3, -0.25) is 10.1 Å². The van der Waals surface area contributed by atoms with Crippen molar-refractivity contribution in [3.05, 3.63) is 68.2 Å². The molecular weight excluding hydrogens is 338 g/mol. The predicted molar refractivity (Wildman–Crippen MR) is 82.2 cm³/mol. The third-order valence-electron chi connectivity index (χ3n) is 3.00. The molecule has 0 aliphatic heterocycles. The summed E-state index contributed by atoms with van der Waals surface area (Å²) in [5.74, 6) is 0.594. The normalized spacial score (nSPS) is 12.0. The second-order valence-electron chi connectivity index (χ2n) is 4.56. The lowest BCUT2D eigenvalue weighted by Crippen LogP contribution is -2.01. The van der Waals surface area contributed by atoms with Crippen LogP contribution in [-0.4, -0.2) is 10.0 Å². The molecule has 0 aromatic heterocycles. The Morgan fingerprint density at radius 2 is 1.95 bits per heavy atom. The number of hydrogen-bond acceptors (Lipinski definition) is 4. The maximum atomic E-state index is 11.0. The Morgan fingerprint density at radius 1 is 1.29 bits per heavy atom. The van der Waals surface area contributed by atoms with Crippen LogP contribution in [-0.2, 0) is 6.61 Å². The first-order chi connectivity index (χ1) is 9.97. The summed E-state index contributed by atoms with van der Waals surface area (Å²) in [7, 11) is 0. The summed E-state index contributed by atoms with van der Waals surface area (Å²) in [6, 6.07) is 11.8. The third-order valence-corrected chi connectivity index (χ3v) is 3.49. The fraction of sp³-hybridized carbons (Fsp3) is 0.200. The van der Waals surface area contributed by atoms with Crippen molar-refractivity contribution in [2.75, 3.05) is 0 Å². The lowest BCUT2D eigenvalue weighted by Gasteiger charge is -2.09. The third kappa shape index (κ3) is 4.03. The minimum absolute atomic E-state index is 0.0185. The Kier molecular flexibility index (Phi) is 4.93. The molecular formula is C15H14BrNO4. The van der Waals surface area contributed by atoms with Crippen LogP contribution in [0, 0.1) is 10.1 Å². The van der Waals surface area contributed by atoms with E-state index in [0.29, 0.717) is 15.8 Å². The molecule has 21 heavy (non-hydrogen) atoms. The minimum Gasteiger partial charge on any atom is -0.489 e. The van der Waals surface area contributed by atoms with Crippen LogP contribution in [0.1, 0.15) is 24.2 Å². The fourth-order valence-electron chi connectivity index (χ4n) is 1.83. The number of ether oxygens (including phenoxy) is 1. The largest absolute Gasteiger partial charge is 0.489 e. The maximum Gasteiger partial charge on any atom is 0.277 e. The SMILES string of the molecule is C[C@H](O)c1ccc(OCc2ccc(Br)cc2[N+](=O)[O-])cc1. The highest BCUT2D eigenvalue weighted by atomic mass is 79.9. The molecule has 0 aliphatic carbocycles. The molecule has 0 fully saturated rings. The average Bonchev–Trinajstić information content (AvgIpc) is 2.46. The number of aliphatic hydroxyl groups excluding tert-OH is 1. The monoisotopic (exact) mass is 351 g/mol. The molecule has 0 bridgehead atoms. The van der Waals surface area contributed by atoms with Gasteiger partial charge in [0.05, 0.1) is 16.6 Å². The first-order valence-electron chi connectivity index (χ1n) is 6.31. The van der Waals surface area contributed by atoms with Crippen molar-refractivity contribution >= 4 is 21.6 Å². The first kappa shape index (κ1) is 15.5. The van der Waals surface area contributed by atoms with Crippen LogP contribution in [0.5, 0.6) is 5.75 Å². The molecule has 2 aromatic rings. The van der Waals surface area contributed by atoms with Crippen molar-refractivity contribution in [3.8, 4) is 5.75 Å². The van der Waals surface area contributed by atoms with Crippen molar-refractivity contribution < 1.29 is 14.8 Å². The smallest absolute Gasteiger partial charge is 0.277 e. The van der Waals surface area contributed by atoms with E-state index >= 15 is 0 Å². The molecule has 0 spiro atoms. The number of halogens is 1. The number of aliphatic hydroxyl groups is 1. The Morgan fingerprint density at radius 3 is 2.52 bits per heavy atom. The molecule has 1 N–H and O–H groups in total. The lowest BCUT2D eigenvalue weighted by atomic mass is 10.1. The van der Waals surface area contributed by atoms with Crippen LogP contribution in [0.15, 0.2) is 46.9 Å². The number of hydrogen-bond donors (Lipinski definition) is 1. The van der Waals surface area contributed by atoms with Gasteiger partial charge in [0.2, 0.25) is 0 Å². The van der Waals surface area contributed by atoms with Gasteiger partial charge in [-0.15, -0.1) is 0 Å². The molecule has 6 heteroatoms. The van der Waals surface area contributed by atoms with Gasteiger partial charge in [0.15, 0.2) is 0 Å². The number of rotatable bonds is 5. The van der Waals surface area contributed by atoms with E-state index in [1.54, 1.807) is 43.3 Å². The molecule has 0 radical (unpaired) electrons. The summed E-state index contributed by atoms with van der Waals surface area (Å²) in [6.45, 7) is 1.79. The molecule has 1 atom stereocenters. The second-order valence-corrected chi connectivity index (χ2v) is 5.48. The van der Waals surface area contributed by atoms with Gasteiger partial charge < -0.3 is 9.84 Å². The summed E-state index contributed by atoms with van der Waals surface area (Å²) in [5, 5.41) is 20.4. The summed E-state index contributed by atoms with van der Waals surface area (Å²) in [4.78, 5) is 10.6. The Balaban J connectivity index is 2.11. The number of nitrogens with zero attached hydrogens (tertiary/aromatic N) is 1. The van der Waals surface area contributed by atoms with E-state index in [0.717, 1.165) is 5.56 Å². The fourth-order valence-corrected chi connectivity index (χ4v) is 2.18. The predicted octanol–water partition coefficient (Wildman–Crippen LogP) is 3.99. The van der Waals surface area contributed by atoms with Crippen molar-refractivity contribution in [1.29, 1.82) is 0 Å². The molecule has 0 aliphatic rings. The second kappa shape index (κ2) is 6.69. The number of benzene rings is 2. The molecule has 0 unspecified atom stereocenters. The van der Waals surface area contributed by atoms with Crippen LogP contribution in [0.25, 0.3) is 0 Å². The van der Waals surface area contributed by atoms with Gasteiger partial charge in [0.1, 0.15) is 12.4 Å². The van der Waals surface area contributed by atoms with Crippen molar-refractivity contribution in [3.63, 3.8) is 0 Å². The van der Waals surface area contributed by atoms with E-state index in [4.69, 9.17) is 4.74 Å². The standard InChI is InChI=1S/C15H14BrNO4/c1-10(18)11-3-6-14(7-4-11)21-9-12-2-5-13(16)8-15(12)17(19)20/h2-8,10,18H,9H2,1H3/t10-/m0/s1. The van der Waals surface area contributed by atoms with Crippen LogP contribution in [0.3, 0.4) is 0 Å². The van der Waals surface area contributed by atoms with Crippen LogP contribution < -0.4 is 4.74 Å². The maximum absolute atomic E-state index is 11.0. The van der Waals surface area contributed by atoms with Gasteiger partial charge >= 0.3 is 0 Å². The van der Waals surface area contributed by atoms with Gasteiger partial charge in [-0.25, -0.2) is 0 Å². The average molecular weight is 352 g/mol. The van der Waals surface area contributed by atoms with Crippen LogP contribution in [0.4, 0.5) is 5.69 Å². The number of nitro groups is 1. The van der Waals surface area contributed by atoms with Crippen molar-refractivity contribution in [2.24, 2.45) is 0 Å². The van der Waals surface area contributed by atoms with Gasteiger partial charge in [-0.05, 0) is 36.8 Å². The molecule has 0 saturated heterocycles. The number of nitro benzene ring substituents is 1. The lowest BCUT2D eigenvalue weighted by molar-refractivity contribution is -0.385. The highest BCUT2D eigenvalue weighted by molar-refractivity contribution is 9.10. The quantitative estimate of drug-likeness (QED) is 0.652. The van der Waals surface area contributed by atoms with E-state index < -0.39 is 11.0 Å². The molecule has 0 heterocycles. The van der Waals surface area contributed by atoms with Gasteiger partial charge in [-0.2, -0.15) is 0 Å². The van der Waals surface area contributed by atoms with Crippen LogP contribution >= 0.6 is 15.9 Å². The van der Waals surface area contributed by atoms with Gasteiger partial charge in [-0.1, -0.05) is 28.1 Å². The van der Waals surface area contributed by atoms with E-state index in [1.807, 2.05) is 0 Å². The first-order valence-corrected chi connectivity index (χ1v) is 7.10. The van der Waals surface area contributed by atoms with Crippen molar-refractivity contribution in [1.82, 2.24) is 0 Å². The minimum atomic E-state index is -0.536. The zero-order valence-corrected chi connectivity index (χ0v) is 12.9. The summed E-state index contributed by atoms with van der Waals surface area (Å²) in [5.41, 5.74) is 1.31. The van der Waals surface area contributed by atoms with E-state index in [-0.39, 0.29) is 12.3 Å².